The highest BCUT2D eigenvalue weighted by molar-refractivity contribution is 5.85. The van der Waals surface area contributed by atoms with Gasteiger partial charge in [0.2, 0.25) is 5.91 Å². The first-order chi connectivity index (χ1) is 14.7. The van der Waals surface area contributed by atoms with E-state index in [9.17, 15) is 4.79 Å². The molecule has 1 fully saturated rings. The summed E-state index contributed by atoms with van der Waals surface area (Å²) in [6.45, 7) is 2.64. The Hall–Kier alpha value is -3.41. The van der Waals surface area contributed by atoms with Crippen LogP contribution in [0.5, 0.6) is 0 Å². The number of benzene rings is 2. The van der Waals surface area contributed by atoms with Crippen LogP contribution in [0.15, 0.2) is 61.1 Å². The molecule has 0 spiro atoms. The number of carbonyl (C=O) groups excluding carboxylic acids is 1. The van der Waals surface area contributed by atoms with Crippen molar-refractivity contribution >= 4 is 16.8 Å². The molecule has 0 aliphatic heterocycles. The second kappa shape index (κ2) is 7.78. The van der Waals surface area contributed by atoms with Crippen molar-refractivity contribution in [1.82, 2.24) is 25.1 Å². The molecule has 0 bridgehead atoms. The Bertz CT molecular complexity index is 1170. The van der Waals surface area contributed by atoms with Crippen LogP contribution >= 0.6 is 0 Å². The van der Waals surface area contributed by atoms with Crippen molar-refractivity contribution in [1.29, 1.82) is 0 Å². The maximum atomic E-state index is 12.2. The van der Waals surface area contributed by atoms with Gasteiger partial charge < -0.3 is 14.9 Å². The van der Waals surface area contributed by atoms with Crippen LogP contribution in [0.3, 0.4) is 0 Å². The number of H-pyrrole nitrogens is 1. The highest BCUT2D eigenvalue weighted by Crippen LogP contribution is 2.37. The monoisotopic (exact) mass is 399 g/mol. The molecule has 2 aromatic heterocycles. The lowest BCUT2D eigenvalue weighted by atomic mass is 10.0. The molecule has 1 amide bonds. The van der Waals surface area contributed by atoms with E-state index < -0.39 is 0 Å². The minimum absolute atomic E-state index is 0.0792. The largest absolute Gasteiger partial charge is 0.361 e. The average Bonchev–Trinajstić information content (AvgIpc) is 3.53. The van der Waals surface area contributed by atoms with Crippen LogP contribution in [0.4, 0.5) is 0 Å². The van der Waals surface area contributed by atoms with Crippen LogP contribution < -0.4 is 5.32 Å². The number of amides is 1. The molecule has 2 heterocycles. The molecule has 0 radical (unpaired) electrons. The Morgan fingerprint density at radius 2 is 1.90 bits per heavy atom. The average molecular weight is 399 g/mol. The highest BCUT2D eigenvalue weighted by atomic mass is 16.1. The van der Waals surface area contributed by atoms with Gasteiger partial charge in [0, 0.05) is 35.8 Å². The topological polar surface area (TPSA) is 75.6 Å². The van der Waals surface area contributed by atoms with Gasteiger partial charge in [0.25, 0.3) is 0 Å². The molecule has 1 aliphatic carbocycles. The van der Waals surface area contributed by atoms with Gasteiger partial charge in [0.05, 0.1) is 0 Å². The molecule has 2 atom stereocenters. The Balaban J connectivity index is 1.37. The summed E-state index contributed by atoms with van der Waals surface area (Å²) in [7, 11) is 0. The third kappa shape index (κ3) is 3.38. The molecule has 4 aromatic rings. The summed E-state index contributed by atoms with van der Waals surface area (Å²) in [6, 6.07) is 17.3. The highest BCUT2D eigenvalue weighted by Gasteiger charge is 2.31. The SMILES string of the molecule is CCNC(=O)C1CC[C@@H](n2cnnc2-c2ccc(-c3ccc4cc[nH]c4c3)cc2)C1. The van der Waals surface area contributed by atoms with Crippen molar-refractivity contribution < 1.29 is 4.79 Å². The first-order valence-electron chi connectivity index (χ1n) is 10.6. The number of fused-ring (bicyclic) bond motifs is 1. The molecule has 5 rings (SSSR count). The van der Waals surface area contributed by atoms with Crippen LogP contribution in [0.25, 0.3) is 33.4 Å². The van der Waals surface area contributed by atoms with Crippen LogP contribution in [-0.2, 0) is 4.79 Å². The number of aromatic nitrogens is 4. The second-order valence-electron chi connectivity index (χ2n) is 7.98. The summed E-state index contributed by atoms with van der Waals surface area (Å²) < 4.78 is 2.14. The predicted octanol–water partition coefficient (Wildman–Crippen LogP) is 4.57. The lowest BCUT2D eigenvalue weighted by Gasteiger charge is -2.15. The molecule has 1 aliphatic rings. The van der Waals surface area contributed by atoms with Gasteiger partial charge in [-0.1, -0.05) is 36.4 Å². The van der Waals surface area contributed by atoms with Crippen LogP contribution in [0, 0.1) is 5.92 Å². The predicted molar refractivity (Wildman–Crippen MR) is 118 cm³/mol. The van der Waals surface area contributed by atoms with Gasteiger partial charge in [-0.2, -0.15) is 0 Å². The van der Waals surface area contributed by atoms with Gasteiger partial charge in [-0.25, -0.2) is 0 Å². The summed E-state index contributed by atoms with van der Waals surface area (Å²) in [5.41, 5.74) is 4.52. The molecule has 152 valence electrons. The van der Waals surface area contributed by atoms with Crippen molar-refractivity contribution in [2.45, 2.75) is 32.2 Å². The third-order valence-electron chi connectivity index (χ3n) is 6.12. The van der Waals surface area contributed by atoms with Gasteiger partial charge in [0.1, 0.15) is 6.33 Å². The molecular weight excluding hydrogens is 374 g/mol. The standard InChI is InChI=1S/C24H25N5O/c1-2-25-24(30)20-9-10-21(13-20)29-15-27-28-23(29)18-6-3-16(4-7-18)19-8-5-17-11-12-26-22(17)14-19/h3-8,11-12,14-15,20-21,26H,2,9-10,13H2,1H3,(H,25,30)/t20?,21-/m1/s1. The maximum absolute atomic E-state index is 12.2. The fraction of sp³-hybridized carbons (Fsp3) is 0.292. The Labute approximate surface area is 175 Å². The quantitative estimate of drug-likeness (QED) is 0.516. The summed E-state index contributed by atoms with van der Waals surface area (Å²) in [5.74, 6) is 1.11. The van der Waals surface area contributed by atoms with E-state index >= 15 is 0 Å². The molecular formula is C24H25N5O. The van der Waals surface area contributed by atoms with E-state index in [0.29, 0.717) is 6.54 Å². The van der Waals surface area contributed by atoms with E-state index in [2.05, 4.69) is 73.6 Å². The third-order valence-corrected chi connectivity index (χ3v) is 6.12. The fourth-order valence-corrected chi connectivity index (χ4v) is 4.52. The molecule has 0 saturated heterocycles. The number of hydrogen-bond donors (Lipinski definition) is 2. The molecule has 30 heavy (non-hydrogen) atoms. The Kier molecular flexibility index (Phi) is 4.83. The van der Waals surface area contributed by atoms with E-state index in [1.165, 1.54) is 16.5 Å². The molecule has 1 saturated carbocycles. The van der Waals surface area contributed by atoms with Gasteiger partial charge >= 0.3 is 0 Å². The number of hydrogen-bond acceptors (Lipinski definition) is 3. The Morgan fingerprint density at radius 3 is 2.73 bits per heavy atom. The normalized spacial score (nSPS) is 18.7. The van der Waals surface area contributed by atoms with Gasteiger partial charge in [-0.05, 0) is 54.8 Å². The number of nitrogens with zero attached hydrogens (tertiary/aromatic N) is 3. The Morgan fingerprint density at radius 1 is 1.10 bits per heavy atom. The van der Waals surface area contributed by atoms with Crippen molar-refractivity contribution in [3.63, 3.8) is 0 Å². The number of carbonyl (C=O) groups is 1. The lowest BCUT2D eigenvalue weighted by molar-refractivity contribution is -0.124. The van der Waals surface area contributed by atoms with Crippen molar-refractivity contribution in [3.8, 4) is 22.5 Å². The molecule has 6 heteroatoms. The first-order valence-corrected chi connectivity index (χ1v) is 10.6. The number of nitrogens with one attached hydrogen (secondary N) is 2. The second-order valence-corrected chi connectivity index (χ2v) is 7.98. The van der Waals surface area contributed by atoms with Crippen LogP contribution in [0.2, 0.25) is 0 Å². The summed E-state index contributed by atoms with van der Waals surface area (Å²) in [5, 5.41) is 12.7. The first kappa shape index (κ1) is 18.6. The van der Waals surface area contributed by atoms with E-state index in [1.54, 1.807) is 6.33 Å². The molecule has 6 nitrogen and oxygen atoms in total. The summed E-state index contributed by atoms with van der Waals surface area (Å²) in [4.78, 5) is 15.5. The van der Waals surface area contributed by atoms with Gasteiger partial charge in [0.15, 0.2) is 5.82 Å². The van der Waals surface area contributed by atoms with E-state index in [-0.39, 0.29) is 17.9 Å². The zero-order valence-electron chi connectivity index (χ0n) is 17.0. The lowest BCUT2D eigenvalue weighted by Crippen LogP contribution is -2.29. The van der Waals surface area contributed by atoms with Gasteiger partial charge in [-0.15, -0.1) is 10.2 Å². The van der Waals surface area contributed by atoms with E-state index in [4.69, 9.17) is 0 Å². The van der Waals surface area contributed by atoms with E-state index in [1.807, 2.05) is 13.1 Å². The van der Waals surface area contributed by atoms with Crippen molar-refractivity contribution in [2.75, 3.05) is 6.54 Å². The summed E-state index contributed by atoms with van der Waals surface area (Å²) >= 11 is 0. The van der Waals surface area contributed by atoms with Crippen molar-refractivity contribution in [2.24, 2.45) is 5.92 Å². The minimum atomic E-state index is 0.0792. The zero-order chi connectivity index (χ0) is 20.5. The molecule has 2 N–H and O–H groups in total. The fourth-order valence-electron chi connectivity index (χ4n) is 4.52. The van der Waals surface area contributed by atoms with Crippen LogP contribution in [0.1, 0.15) is 32.2 Å². The maximum Gasteiger partial charge on any atom is 0.223 e. The van der Waals surface area contributed by atoms with Crippen LogP contribution in [-0.4, -0.2) is 32.2 Å². The zero-order valence-corrected chi connectivity index (χ0v) is 17.0. The minimum Gasteiger partial charge on any atom is -0.361 e. The molecule has 1 unspecified atom stereocenters. The van der Waals surface area contributed by atoms with Gasteiger partial charge in [-0.3, -0.25) is 4.79 Å². The van der Waals surface area contributed by atoms with Crippen molar-refractivity contribution in [3.05, 3.63) is 61.1 Å². The molecule has 2 aromatic carbocycles. The summed E-state index contributed by atoms with van der Waals surface area (Å²) in [6.07, 6.45) is 6.48. The number of aromatic amines is 1. The smallest absolute Gasteiger partial charge is 0.223 e. The number of rotatable bonds is 5. The van der Waals surface area contributed by atoms with E-state index in [0.717, 1.165) is 36.2 Å².